The van der Waals surface area contributed by atoms with E-state index >= 15 is 0 Å². The molecule has 1 aromatic carbocycles. The summed E-state index contributed by atoms with van der Waals surface area (Å²) >= 11 is 2.28. The molecule has 0 aliphatic rings. The first kappa shape index (κ1) is 12.6. The van der Waals surface area contributed by atoms with Crippen LogP contribution in [0.1, 0.15) is 12.5 Å². The van der Waals surface area contributed by atoms with Crippen LogP contribution in [0.4, 0.5) is 0 Å². The standard InChI is InChI=1S/C11H16INO2/c1-7(13)4-8-5-10(14-2)11(15-3)6-9(8)12/h5-7H,4,13H2,1-3H3/t7-/m0/s1. The lowest BCUT2D eigenvalue weighted by atomic mass is 10.1. The number of halogens is 1. The van der Waals surface area contributed by atoms with Crippen molar-refractivity contribution in [1.29, 1.82) is 0 Å². The van der Waals surface area contributed by atoms with Crippen molar-refractivity contribution in [3.63, 3.8) is 0 Å². The third-order valence-electron chi connectivity index (χ3n) is 2.09. The third-order valence-corrected chi connectivity index (χ3v) is 3.10. The van der Waals surface area contributed by atoms with Gasteiger partial charge in [0.15, 0.2) is 11.5 Å². The number of rotatable bonds is 4. The molecular weight excluding hydrogens is 305 g/mol. The van der Waals surface area contributed by atoms with Gasteiger partial charge < -0.3 is 15.2 Å². The van der Waals surface area contributed by atoms with Crippen LogP contribution in [0, 0.1) is 3.57 Å². The monoisotopic (exact) mass is 321 g/mol. The first-order chi connectivity index (χ1) is 7.08. The predicted octanol–water partition coefficient (Wildman–Crippen LogP) is 2.20. The zero-order valence-corrected chi connectivity index (χ0v) is 11.4. The quantitative estimate of drug-likeness (QED) is 0.865. The van der Waals surface area contributed by atoms with Gasteiger partial charge in [0.2, 0.25) is 0 Å². The molecule has 15 heavy (non-hydrogen) atoms. The van der Waals surface area contributed by atoms with Crippen molar-refractivity contribution in [3.8, 4) is 11.5 Å². The van der Waals surface area contributed by atoms with Crippen molar-refractivity contribution >= 4 is 22.6 Å². The van der Waals surface area contributed by atoms with Gasteiger partial charge in [-0.1, -0.05) is 0 Å². The average molecular weight is 321 g/mol. The molecule has 0 aliphatic carbocycles. The Morgan fingerprint density at radius 2 is 1.80 bits per heavy atom. The van der Waals surface area contributed by atoms with Crippen molar-refractivity contribution in [3.05, 3.63) is 21.3 Å². The van der Waals surface area contributed by atoms with E-state index in [1.807, 2.05) is 19.1 Å². The minimum atomic E-state index is 0.150. The molecule has 0 fully saturated rings. The minimum Gasteiger partial charge on any atom is -0.493 e. The van der Waals surface area contributed by atoms with E-state index in [9.17, 15) is 0 Å². The Bertz CT molecular complexity index is 340. The van der Waals surface area contributed by atoms with E-state index < -0.39 is 0 Å². The minimum absolute atomic E-state index is 0.150. The fraction of sp³-hybridized carbons (Fsp3) is 0.455. The van der Waals surface area contributed by atoms with E-state index in [2.05, 4.69) is 22.6 Å². The summed E-state index contributed by atoms with van der Waals surface area (Å²) in [5.74, 6) is 1.52. The summed E-state index contributed by atoms with van der Waals surface area (Å²) in [4.78, 5) is 0. The highest BCUT2D eigenvalue weighted by Crippen LogP contribution is 2.31. The Morgan fingerprint density at radius 1 is 1.27 bits per heavy atom. The molecule has 0 aliphatic heterocycles. The molecule has 0 saturated heterocycles. The summed E-state index contributed by atoms with van der Waals surface area (Å²) in [6.07, 6.45) is 0.846. The van der Waals surface area contributed by atoms with Crippen LogP contribution in [0.5, 0.6) is 11.5 Å². The zero-order chi connectivity index (χ0) is 11.4. The summed E-state index contributed by atoms with van der Waals surface area (Å²) in [6, 6.07) is 4.11. The molecule has 4 heteroatoms. The largest absolute Gasteiger partial charge is 0.493 e. The molecule has 84 valence electrons. The summed E-state index contributed by atoms with van der Waals surface area (Å²) in [5.41, 5.74) is 6.98. The van der Waals surface area contributed by atoms with Gasteiger partial charge in [0.25, 0.3) is 0 Å². The average Bonchev–Trinajstić information content (AvgIpc) is 2.19. The van der Waals surface area contributed by atoms with Gasteiger partial charge in [-0.05, 0) is 53.6 Å². The molecule has 0 radical (unpaired) electrons. The Hall–Kier alpha value is -0.490. The first-order valence-corrected chi connectivity index (χ1v) is 5.82. The summed E-state index contributed by atoms with van der Waals surface area (Å²) < 4.78 is 11.6. The van der Waals surface area contributed by atoms with Gasteiger partial charge in [-0.25, -0.2) is 0 Å². The molecule has 0 amide bonds. The SMILES string of the molecule is COc1cc(I)c(C[C@H](C)N)cc1OC. The predicted molar refractivity (Wildman–Crippen MR) is 69.6 cm³/mol. The van der Waals surface area contributed by atoms with Crippen LogP contribution in [-0.4, -0.2) is 20.3 Å². The normalized spacial score (nSPS) is 12.3. The molecule has 1 rings (SSSR count). The molecule has 2 N–H and O–H groups in total. The highest BCUT2D eigenvalue weighted by Gasteiger charge is 2.10. The van der Waals surface area contributed by atoms with Gasteiger partial charge in [-0.2, -0.15) is 0 Å². The van der Waals surface area contributed by atoms with Crippen LogP contribution in [0.25, 0.3) is 0 Å². The van der Waals surface area contributed by atoms with E-state index in [-0.39, 0.29) is 6.04 Å². The maximum Gasteiger partial charge on any atom is 0.161 e. The molecule has 3 nitrogen and oxygen atoms in total. The fourth-order valence-corrected chi connectivity index (χ4v) is 2.06. The smallest absolute Gasteiger partial charge is 0.161 e. The summed E-state index contributed by atoms with van der Waals surface area (Å²) in [6.45, 7) is 1.99. The fourth-order valence-electron chi connectivity index (χ4n) is 1.40. The number of ether oxygens (including phenoxy) is 2. The maximum absolute atomic E-state index is 5.78. The van der Waals surface area contributed by atoms with Crippen molar-refractivity contribution < 1.29 is 9.47 Å². The Balaban J connectivity index is 3.08. The van der Waals surface area contributed by atoms with Crippen LogP contribution in [-0.2, 0) is 6.42 Å². The Labute approximate surface area is 104 Å². The molecular formula is C11H16INO2. The van der Waals surface area contributed by atoms with Crippen LogP contribution in [0.2, 0.25) is 0 Å². The number of nitrogens with two attached hydrogens (primary N) is 1. The Morgan fingerprint density at radius 3 is 2.27 bits per heavy atom. The summed E-state index contributed by atoms with van der Waals surface area (Å²) in [7, 11) is 3.28. The number of hydrogen-bond donors (Lipinski definition) is 1. The molecule has 0 spiro atoms. The van der Waals surface area contributed by atoms with E-state index in [0.29, 0.717) is 0 Å². The second-order valence-corrected chi connectivity index (χ2v) is 4.64. The van der Waals surface area contributed by atoms with Crippen LogP contribution >= 0.6 is 22.6 Å². The first-order valence-electron chi connectivity index (χ1n) is 4.74. The van der Waals surface area contributed by atoms with Crippen molar-refractivity contribution in [2.45, 2.75) is 19.4 Å². The van der Waals surface area contributed by atoms with Crippen molar-refractivity contribution in [1.82, 2.24) is 0 Å². The molecule has 0 aromatic heterocycles. The van der Waals surface area contributed by atoms with Gasteiger partial charge >= 0.3 is 0 Å². The lowest BCUT2D eigenvalue weighted by Gasteiger charge is -2.13. The van der Waals surface area contributed by atoms with Crippen molar-refractivity contribution in [2.75, 3.05) is 14.2 Å². The van der Waals surface area contributed by atoms with Crippen LogP contribution < -0.4 is 15.2 Å². The topological polar surface area (TPSA) is 44.5 Å². The van der Waals surface area contributed by atoms with Gasteiger partial charge in [0.05, 0.1) is 14.2 Å². The highest BCUT2D eigenvalue weighted by molar-refractivity contribution is 14.1. The zero-order valence-electron chi connectivity index (χ0n) is 9.21. The molecule has 0 saturated carbocycles. The Kier molecular flexibility index (Phi) is 4.66. The van der Waals surface area contributed by atoms with Gasteiger partial charge in [-0.15, -0.1) is 0 Å². The molecule has 1 atom stereocenters. The second kappa shape index (κ2) is 5.55. The molecule has 0 bridgehead atoms. The summed E-state index contributed by atoms with van der Waals surface area (Å²) in [5, 5.41) is 0. The highest BCUT2D eigenvalue weighted by atomic mass is 127. The number of hydrogen-bond acceptors (Lipinski definition) is 3. The van der Waals surface area contributed by atoms with Crippen LogP contribution in [0.15, 0.2) is 12.1 Å². The van der Waals surface area contributed by atoms with Gasteiger partial charge in [0, 0.05) is 9.61 Å². The van der Waals surface area contributed by atoms with Gasteiger partial charge in [-0.3, -0.25) is 0 Å². The van der Waals surface area contributed by atoms with Gasteiger partial charge in [0.1, 0.15) is 0 Å². The van der Waals surface area contributed by atoms with E-state index in [1.54, 1.807) is 14.2 Å². The molecule has 1 aromatic rings. The third kappa shape index (κ3) is 3.24. The van der Waals surface area contributed by atoms with E-state index in [1.165, 1.54) is 5.56 Å². The second-order valence-electron chi connectivity index (χ2n) is 3.48. The lowest BCUT2D eigenvalue weighted by molar-refractivity contribution is 0.354. The van der Waals surface area contributed by atoms with E-state index in [4.69, 9.17) is 15.2 Å². The molecule has 0 heterocycles. The maximum atomic E-state index is 5.78. The number of benzene rings is 1. The van der Waals surface area contributed by atoms with E-state index in [0.717, 1.165) is 21.5 Å². The lowest BCUT2D eigenvalue weighted by Crippen LogP contribution is -2.18. The van der Waals surface area contributed by atoms with Crippen molar-refractivity contribution in [2.24, 2.45) is 5.73 Å². The number of methoxy groups -OCH3 is 2. The molecule has 0 unspecified atom stereocenters. The van der Waals surface area contributed by atoms with Crippen LogP contribution in [0.3, 0.4) is 0 Å².